The van der Waals surface area contributed by atoms with Crippen molar-refractivity contribution in [3.8, 4) is 5.75 Å². The molecule has 2 aromatic carbocycles. The Hall–Kier alpha value is -3.19. The van der Waals surface area contributed by atoms with Crippen LogP contribution in [-0.4, -0.2) is 28.9 Å². The SMILES string of the molecule is COc1cccc(CN(Cc2nc(C(=O)NCc3ccc(F)cc3)co2)[C@@H](C)C(C)C)c1. The molecule has 7 heteroatoms. The number of oxazole rings is 1. The zero-order valence-corrected chi connectivity index (χ0v) is 19.0. The maximum Gasteiger partial charge on any atom is 0.273 e. The van der Waals surface area contributed by atoms with Crippen molar-refractivity contribution in [2.24, 2.45) is 5.92 Å². The highest BCUT2D eigenvalue weighted by atomic mass is 19.1. The van der Waals surface area contributed by atoms with Crippen LogP contribution in [0.5, 0.6) is 5.75 Å². The lowest BCUT2D eigenvalue weighted by molar-refractivity contribution is 0.0945. The van der Waals surface area contributed by atoms with Crippen LogP contribution in [-0.2, 0) is 19.6 Å². The van der Waals surface area contributed by atoms with Gasteiger partial charge in [0.2, 0.25) is 5.89 Å². The minimum absolute atomic E-state index is 0.223. The summed E-state index contributed by atoms with van der Waals surface area (Å²) in [6.45, 7) is 7.98. The number of hydrogen-bond acceptors (Lipinski definition) is 5. The van der Waals surface area contributed by atoms with Crippen LogP contribution in [0, 0.1) is 11.7 Å². The number of nitrogens with zero attached hydrogens (tertiary/aromatic N) is 2. The average Bonchev–Trinajstić information content (AvgIpc) is 3.26. The second-order valence-corrected chi connectivity index (χ2v) is 8.18. The predicted octanol–water partition coefficient (Wildman–Crippen LogP) is 4.80. The van der Waals surface area contributed by atoms with Crippen molar-refractivity contribution in [3.05, 3.63) is 83.3 Å². The number of ether oxygens (including phenoxy) is 1. The Bertz CT molecular complexity index is 1020. The van der Waals surface area contributed by atoms with Crippen molar-refractivity contribution in [3.63, 3.8) is 0 Å². The summed E-state index contributed by atoms with van der Waals surface area (Å²) < 4.78 is 24.0. The standard InChI is InChI=1S/C25H30FN3O3/c1-17(2)18(3)29(14-20-6-5-7-22(12-20)31-4)15-24-28-23(16-32-24)25(30)27-13-19-8-10-21(26)11-9-19/h5-12,16-18H,13-15H2,1-4H3,(H,27,30)/t18-/m0/s1. The van der Waals surface area contributed by atoms with Gasteiger partial charge in [-0.15, -0.1) is 0 Å². The van der Waals surface area contributed by atoms with Gasteiger partial charge in [0.1, 0.15) is 17.8 Å². The Balaban J connectivity index is 1.66. The third-order valence-electron chi connectivity index (χ3n) is 5.55. The van der Waals surface area contributed by atoms with Gasteiger partial charge in [-0.2, -0.15) is 0 Å². The van der Waals surface area contributed by atoms with E-state index < -0.39 is 0 Å². The molecule has 3 rings (SSSR count). The average molecular weight is 440 g/mol. The summed E-state index contributed by atoms with van der Waals surface area (Å²) in [6.07, 6.45) is 1.37. The summed E-state index contributed by atoms with van der Waals surface area (Å²) in [6, 6.07) is 14.2. The van der Waals surface area contributed by atoms with E-state index in [2.05, 4.69) is 42.0 Å². The lowest BCUT2D eigenvalue weighted by Gasteiger charge is -2.30. The number of rotatable bonds is 10. The fourth-order valence-corrected chi connectivity index (χ4v) is 3.31. The summed E-state index contributed by atoms with van der Waals surface area (Å²) in [5.74, 6) is 1.08. The number of amides is 1. The number of methoxy groups -OCH3 is 1. The van der Waals surface area contributed by atoms with Gasteiger partial charge in [-0.3, -0.25) is 9.69 Å². The second-order valence-electron chi connectivity index (χ2n) is 8.18. The summed E-state index contributed by atoms with van der Waals surface area (Å²) in [5, 5.41) is 2.78. The molecule has 3 aromatic rings. The molecular formula is C25H30FN3O3. The van der Waals surface area contributed by atoms with E-state index in [0.717, 1.165) is 16.9 Å². The molecule has 1 heterocycles. The minimum atomic E-state index is -0.333. The first-order valence-electron chi connectivity index (χ1n) is 10.7. The summed E-state index contributed by atoms with van der Waals surface area (Å²) in [7, 11) is 1.66. The van der Waals surface area contributed by atoms with Crippen LogP contribution >= 0.6 is 0 Å². The smallest absolute Gasteiger partial charge is 0.273 e. The molecule has 0 fully saturated rings. The number of carbonyl (C=O) groups excluding carboxylic acids is 1. The molecular weight excluding hydrogens is 409 g/mol. The number of carbonyl (C=O) groups is 1. The van der Waals surface area contributed by atoms with Gasteiger partial charge >= 0.3 is 0 Å². The fraction of sp³-hybridized carbons (Fsp3) is 0.360. The minimum Gasteiger partial charge on any atom is -0.497 e. The largest absolute Gasteiger partial charge is 0.497 e. The van der Waals surface area contributed by atoms with Gasteiger partial charge in [-0.25, -0.2) is 9.37 Å². The first-order valence-corrected chi connectivity index (χ1v) is 10.7. The lowest BCUT2D eigenvalue weighted by Crippen LogP contribution is -2.36. The molecule has 1 aromatic heterocycles. The van der Waals surface area contributed by atoms with E-state index in [-0.39, 0.29) is 30.0 Å². The first-order chi connectivity index (χ1) is 15.4. The van der Waals surface area contributed by atoms with Crippen LogP contribution in [0.2, 0.25) is 0 Å². The monoisotopic (exact) mass is 439 g/mol. The first kappa shape index (κ1) is 23.5. The van der Waals surface area contributed by atoms with Crippen LogP contribution in [0.1, 0.15) is 48.3 Å². The Morgan fingerprint density at radius 1 is 1.12 bits per heavy atom. The van der Waals surface area contributed by atoms with Crippen molar-refractivity contribution in [1.29, 1.82) is 0 Å². The van der Waals surface area contributed by atoms with Crippen molar-refractivity contribution in [2.45, 2.75) is 46.4 Å². The predicted molar refractivity (Wildman–Crippen MR) is 121 cm³/mol. The van der Waals surface area contributed by atoms with Crippen molar-refractivity contribution < 1.29 is 18.3 Å². The number of benzene rings is 2. The van der Waals surface area contributed by atoms with Crippen molar-refractivity contribution >= 4 is 5.91 Å². The maximum absolute atomic E-state index is 13.0. The highest BCUT2D eigenvalue weighted by Gasteiger charge is 2.21. The van der Waals surface area contributed by atoms with E-state index in [1.165, 1.54) is 18.4 Å². The Labute approximate surface area is 188 Å². The molecule has 0 bridgehead atoms. The van der Waals surface area contributed by atoms with E-state index in [4.69, 9.17) is 9.15 Å². The molecule has 32 heavy (non-hydrogen) atoms. The number of aromatic nitrogens is 1. The van der Waals surface area contributed by atoms with E-state index in [1.807, 2.05) is 18.2 Å². The van der Waals surface area contributed by atoms with Gasteiger partial charge in [0.05, 0.1) is 13.7 Å². The second kappa shape index (κ2) is 10.9. The van der Waals surface area contributed by atoms with Crippen LogP contribution in [0.3, 0.4) is 0 Å². The number of halogens is 1. The quantitative estimate of drug-likeness (QED) is 0.492. The molecule has 0 aliphatic rings. The molecule has 0 radical (unpaired) electrons. The van der Waals surface area contributed by atoms with E-state index in [1.54, 1.807) is 19.2 Å². The van der Waals surface area contributed by atoms with Crippen LogP contribution in [0.4, 0.5) is 4.39 Å². The molecule has 0 aliphatic carbocycles. The zero-order valence-electron chi connectivity index (χ0n) is 19.0. The summed E-state index contributed by atoms with van der Waals surface area (Å²) in [5.41, 5.74) is 2.15. The molecule has 0 spiro atoms. The molecule has 1 N–H and O–H groups in total. The van der Waals surface area contributed by atoms with Gasteiger partial charge in [0.15, 0.2) is 5.69 Å². The van der Waals surface area contributed by atoms with E-state index >= 15 is 0 Å². The van der Waals surface area contributed by atoms with Crippen molar-refractivity contribution in [1.82, 2.24) is 15.2 Å². The summed E-state index contributed by atoms with van der Waals surface area (Å²) in [4.78, 5) is 19.1. The van der Waals surface area contributed by atoms with Crippen LogP contribution in [0.15, 0.2) is 59.2 Å². The molecule has 170 valence electrons. The van der Waals surface area contributed by atoms with Gasteiger partial charge in [0.25, 0.3) is 5.91 Å². The van der Waals surface area contributed by atoms with Crippen molar-refractivity contribution in [2.75, 3.05) is 7.11 Å². The molecule has 0 saturated heterocycles. The van der Waals surface area contributed by atoms with E-state index in [0.29, 0.717) is 24.9 Å². The summed E-state index contributed by atoms with van der Waals surface area (Å²) >= 11 is 0. The molecule has 1 atom stereocenters. The van der Waals surface area contributed by atoms with Gasteiger partial charge in [0, 0.05) is 19.1 Å². The zero-order chi connectivity index (χ0) is 23.1. The third-order valence-corrected chi connectivity index (χ3v) is 5.55. The Morgan fingerprint density at radius 3 is 2.56 bits per heavy atom. The van der Waals surface area contributed by atoms with Crippen LogP contribution in [0.25, 0.3) is 0 Å². The molecule has 1 amide bonds. The number of nitrogens with one attached hydrogen (secondary N) is 1. The molecule has 0 aliphatic heterocycles. The van der Waals surface area contributed by atoms with Gasteiger partial charge in [-0.1, -0.05) is 38.1 Å². The highest BCUT2D eigenvalue weighted by molar-refractivity contribution is 5.91. The molecule has 6 nitrogen and oxygen atoms in total. The Morgan fingerprint density at radius 2 is 1.88 bits per heavy atom. The van der Waals surface area contributed by atoms with Gasteiger partial charge in [-0.05, 0) is 48.2 Å². The highest BCUT2D eigenvalue weighted by Crippen LogP contribution is 2.20. The maximum atomic E-state index is 13.0. The van der Waals surface area contributed by atoms with E-state index in [9.17, 15) is 9.18 Å². The van der Waals surface area contributed by atoms with Crippen LogP contribution < -0.4 is 10.1 Å². The molecule has 0 saturated carbocycles. The fourth-order valence-electron chi connectivity index (χ4n) is 3.31. The normalized spacial score (nSPS) is 12.2. The van der Waals surface area contributed by atoms with Gasteiger partial charge < -0.3 is 14.5 Å². The molecule has 0 unspecified atom stereocenters. The Kier molecular flexibility index (Phi) is 8.00. The lowest BCUT2D eigenvalue weighted by atomic mass is 10.0. The third kappa shape index (κ3) is 6.40. The number of hydrogen-bond donors (Lipinski definition) is 1. The topological polar surface area (TPSA) is 67.6 Å².